The maximum atomic E-state index is 14.0. The van der Waals surface area contributed by atoms with Crippen LogP contribution in [0.3, 0.4) is 0 Å². The van der Waals surface area contributed by atoms with Crippen LogP contribution in [0, 0.1) is 5.82 Å². The highest BCUT2D eigenvalue weighted by Gasteiger charge is 2.39. The van der Waals surface area contributed by atoms with Gasteiger partial charge >= 0.3 is 6.09 Å². The van der Waals surface area contributed by atoms with E-state index in [1.807, 2.05) is 0 Å². The van der Waals surface area contributed by atoms with Gasteiger partial charge in [0, 0.05) is 23.8 Å². The number of carbonyl (C=O) groups is 1. The average molecular weight is 375 g/mol. The second kappa shape index (κ2) is 6.12. The number of aromatic nitrogens is 1. The first kappa shape index (κ1) is 17.1. The van der Waals surface area contributed by atoms with E-state index in [2.05, 4.69) is 20.9 Å². The smallest absolute Gasteiger partial charge is 0.410 e. The number of piperidine rings is 1. The molecule has 1 N–H and O–H groups in total. The minimum atomic E-state index is -1.36. The van der Waals surface area contributed by atoms with Crippen LogP contribution in [0.2, 0.25) is 0 Å². The number of hydrogen-bond acceptors (Lipinski definition) is 4. The Morgan fingerprint density at radius 1 is 1.45 bits per heavy atom. The number of halogens is 2. The van der Waals surface area contributed by atoms with Crippen molar-refractivity contribution >= 4 is 22.0 Å². The number of aliphatic hydroxyl groups is 1. The van der Waals surface area contributed by atoms with Crippen molar-refractivity contribution in [2.24, 2.45) is 0 Å². The largest absolute Gasteiger partial charge is 0.444 e. The third-order valence-electron chi connectivity index (χ3n) is 3.49. The van der Waals surface area contributed by atoms with Crippen LogP contribution >= 0.6 is 15.9 Å². The highest BCUT2D eigenvalue weighted by molar-refractivity contribution is 9.10. The minimum absolute atomic E-state index is 0.0274. The minimum Gasteiger partial charge on any atom is -0.444 e. The molecule has 1 fully saturated rings. The van der Waals surface area contributed by atoms with Gasteiger partial charge in [-0.25, -0.2) is 9.18 Å². The molecule has 0 radical (unpaired) electrons. The van der Waals surface area contributed by atoms with Crippen molar-refractivity contribution in [1.29, 1.82) is 0 Å². The van der Waals surface area contributed by atoms with Gasteiger partial charge in [-0.05, 0) is 55.6 Å². The Labute approximate surface area is 137 Å². The fourth-order valence-electron chi connectivity index (χ4n) is 2.38. The Hall–Kier alpha value is -1.21. The molecule has 1 aromatic heterocycles. The molecule has 0 bridgehead atoms. The Balaban J connectivity index is 2.06. The molecule has 0 aliphatic carbocycles. The highest BCUT2D eigenvalue weighted by atomic mass is 79.9. The Morgan fingerprint density at radius 3 is 2.55 bits per heavy atom. The zero-order valence-electron chi connectivity index (χ0n) is 12.9. The van der Waals surface area contributed by atoms with Crippen molar-refractivity contribution in [2.45, 2.75) is 44.8 Å². The zero-order chi connectivity index (χ0) is 16.5. The van der Waals surface area contributed by atoms with Crippen LogP contribution in [0.1, 0.15) is 39.3 Å². The third kappa shape index (κ3) is 3.95. The number of likely N-dealkylation sites (tertiary alicyclic amines) is 1. The van der Waals surface area contributed by atoms with Gasteiger partial charge in [0.1, 0.15) is 22.7 Å². The standard InChI is InChI=1S/C15H20BrFN2O3/c1-14(2,3)22-13(20)19-6-4-15(21,5-7-19)12-11(17)8-10(16)9-18-12/h8-9,21H,4-7H2,1-3H3. The molecule has 1 aliphatic heterocycles. The van der Waals surface area contributed by atoms with Gasteiger partial charge in [-0.15, -0.1) is 0 Å². The summed E-state index contributed by atoms with van der Waals surface area (Å²) in [7, 11) is 0. The molecule has 2 rings (SSSR count). The van der Waals surface area contributed by atoms with Crippen molar-refractivity contribution in [3.05, 3.63) is 28.2 Å². The van der Waals surface area contributed by atoms with Gasteiger partial charge in [0.25, 0.3) is 0 Å². The molecule has 1 aromatic rings. The van der Waals surface area contributed by atoms with Crippen LogP contribution in [-0.4, -0.2) is 39.8 Å². The van der Waals surface area contributed by atoms with Crippen LogP contribution < -0.4 is 0 Å². The molecule has 0 spiro atoms. The van der Waals surface area contributed by atoms with E-state index in [-0.39, 0.29) is 18.5 Å². The summed E-state index contributed by atoms with van der Waals surface area (Å²) in [6.45, 7) is 5.98. The topological polar surface area (TPSA) is 62.7 Å². The van der Waals surface area contributed by atoms with Crippen LogP contribution in [0.4, 0.5) is 9.18 Å². The molecule has 5 nitrogen and oxygen atoms in total. The maximum absolute atomic E-state index is 14.0. The number of pyridine rings is 1. The van der Waals surface area contributed by atoms with Gasteiger partial charge < -0.3 is 14.7 Å². The number of amides is 1. The predicted molar refractivity (Wildman–Crippen MR) is 82.8 cm³/mol. The Morgan fingerprint density at radius 2 is 2.05 bits per heavy atom. The van der Waals surface area contributed by atoms with Gasteiger partial charge in [-0.2, -0.15) is 0 Å². The van der Waals surface area contributed by atoms with Crippen LogP contribution in [0.5, 0.6) is 0 Å². The fraction of sp³-hybridized carbons (Fsp3) is 0.600. The number of nitrogens with zero attached hydrogens (tertiary/aromatic N) is 2. The van der Waals surface area contributed by atoms with Gasteiger partial charge in [-0.1, -0.05) is 0 Å². The van der Waals surface area contributed by atoms with E-state index in [4.69, 9.17) is 4.74 Å². The van der Waals surface area contributed by atoms with Gasteiger partial charge in [-0.3, -0.25) is 4.98 Å². The van der Waals surface area contributed by atoms with Crippen molar-refractivity contribution in [3.8, 4) is 0 Å². The monoisotopic (exact) mass is 374 g/mol. The molecule has 0 atom stereocenters. The van der Waals surface area contributed by atoms with Gasteiger partial charge in [0.15, 0.2) is 0 Å². The fourth-order valence-corrected chi connectivity index (χ4v) is 2.68. The Bertz CT molecular complexity index is 566. The molecular formula is C15H20BrFN2O3. The summed E-state index contributed by atoms with van der Waals surface area (Å²) in [5, 5.41) is 10.6. The van der Waals surface area contributed by atoms with Crippen molar-refractivity contribution in [1.82, 2.24) is 9.88 Å². The second-order valence-electron chi connectivity index (χ2n) is 6.48. The molecular weight excluding hydrogens is 355 g/mol. The van der Waals surface area contributed by atoms with E-state index in [0.29, 0.717) is 17.6 Å². The molecule has 0 saturated carbocycles. The van der Waals surface area contributed by atoms with E-state index in [9.17, 15) is 14.3 Å². The first-order chi connectivity index (χ1) is 10.1. The predicted octanol–water partition coefficient (Wildman–Crippen LogP) is 3.20. The first-order valence-corrected chi connectivity index (χ1v) is 7.92. The quantitative estimate of drug-likeness (QED) is 0.819. The van der Waals surface area contributed by atoms with Crippen LogP contribution in [0.25, 0.3) is 0 Å². The summed E-state index contributed by atoms with van der Waals surface area (Å²) in [6.07, 6.45) is 1.48. The molecule has 22 heavy (non-hydrogen) atoms. The summed E-state index contributed by atoms with van der Waals surface area (Å²) >= 11 is 3.14. The normalized spacial score (nSPS) is 18.2. The SMILES string of the molecule is CC(C)(C)OC(=O)N1CCC(O)(c2ncc(Br)cc2F)CC1. The second-order valence-corrected chi connectivity index (χ2v) is 7.40. The summed E-state index contributed by atoms with van der Waals surface area (Å²) < 4.78 is 19.8. The maximum Gasteiger partial charge on any atom is 0.410 e. The van der Waals surface area contributed by atoms with Crippen LogP contribution in [0.15, 0.2) is 16.7 Å². The summed E-state index contributed by atoms with van der Waals surface area (Å²) in [5.74, 6) is -0.553. The number of carbonyl (C=O) groups excluding carboxylic acids is 1. The van der Waals surface area contributed by atoms with E-state index in [1.54, 1.807) is 20.8 Å². The lowest BCUT2D eigenvalue weighted by Crippen LogP contribution is -2.47. The molecule has 1 amide bonds. The lowest BCUT2D eigenvalue weighted by molar-refractivity contribution is -0.0401. The van der Waals surface area contributed by atoms with Crippen molar-refractivity contribution in [2.75, 3.05) is 13.1 Å². The van der Waals surface area contributed by atoms with Crippen LogP contribution in [-0.2, 0) is 10.3 Å². The van der Waals surface area contributed by atoms with E-state index >= 15 is 0 Å². The van der Waals surface area contributed by atoms with Gasteiger partial charge in [0.2, 0.25) is 0 Å². The molecule has 122 valence electrons. The van der Waals surface area contributed by atoms with Gasteiger partial charge in [0.05, 0.1) is 0 Å². The van der Waals surface area contributed by atoms with Crippen molar-refractivity contribution < 1.29 is 19.0 Å². The first-order valence-electron chi connectivity index (χ1n) is 7.12. The molecule has 2 heterocycles. The molecule has 7 heteroatoms. The van der Waals surface area contributed by atoms with E-state index in [1.165, 1.54) is 17.2 Å². The number of rotatable bonds is 1. The summed E-state index contributed by atoms with van der Waals surface area (Å²) in [4.78, 5) is 17.5. The Kier molecular flexibility index (Phi) is 4.77. The third-order valence-corrected chi connectivity index (χ3v) is 3.92. The molecule has 0 aromatic carbocycles. The lowest BCUT2D eigenvalue weighted by atomic mass is 9.87. The van der Waals surface area contributed by atoms with E-state index in [0.717, 1.165) is 0 Å². The molecule has 0 unspecified atom stereocenters. The summed E-state index contributed by atoms with van der Waals surface area (Å²) in [5.41, 5.74) is -1.90. The number of ether oxygens (including phenoxy) is 1. The average Bonchev–Trinajstić information content (AvgIpc) is 2.36. The highest BCUT2D eigenvalue weighted by Crippen LogP contribution is 2.34. The zero-order valence-corrected chi connectivity index (χ0v) is 14.5. The van der Waals surface area contributed by atoms with E-state index < -0.39 is 23.1 Å². The molecule has 1 saturated heterocycles. The number of hydrogen-bond donors (Lipinski definition) is 1. The van der Waals surface area contributed by atoms with Crippen molar-refractivity contribution in [3.63, 3.8) is 0 Å². The lowest BCUT2D eigenvalue weighted by Gasteiger charge is -2.38. The summed E-state index contributed by atoms with van der Waals surface area (Å²) in [6, 6.07) is 1.28. The molecule has 1 aliphatic rings.